The number of amidine groups is 1. The fourth-order valence-corrected chi connectivity index (χ4v) is 4.43. The van der Waals surface area contributed by atoms with Gasteiger partial charge in [-0.3, -0.25) is 15.0 Å². The van der Waals surface area contributed by atoms with Crippen LogP contribution in [0.25, 0.3) is 11.3 Å². The third-order valence-corrected chi connectivity index (χ3v) is 6.42. The van der Waals surface area contributed by atoms with Gasteiger partial charge in [0.15, 0.2) is 5.82 Å². The van der Waals surface area contributed by atoms with Gasteiger partial charge in [-0.15, -0.1) is 10.2 Å². The number of methoxy groups -OCH3 is 1. The molecule has 2 aliphatic rings. The average molecular weight is 467 g/mol. The van der Waals surface area contributed by atoms with Crippen molar-refractivity contribution >= 4 is 23.5 Å². The molecule has 0 atom stereocenters. The van der Waals surface area contributed by atoms with Gasteiger partial charge in [0.1, 0.15) is 5.84 Å². The van der Waals surface area contributed by atoms with E-state index >= 15 is 0 Å². The molecule has 0 unspecified atom stereocenters. The van der Waals surface area contributed by atoms with Crippen molar-refractivity contribution in [3.05, 3.63) is 41.5 Å². The van der Waals surface area contributed by atoms with E-state index in [0.717, 1.165) is 18.4 Å². The molecule has 10 heteroatoms. The zero-order valence-corrected chi connectivity index (χ0v) is 19.3. The molecule has 1 aliphatic carbocycles. The lowest BCUT2D eigenvalue weighted by Gasteiger charge is -2.30. The largest absolute Gasteiger partial charge is 0.469 e. The van der Waals surface area contributed by atoms with Crippen LogP contribution in [-0.4, -0.2) is 67.4 Å². The van der Waals surface area contributed by atoms with Crippen molar-refractivity contribution in [2.75, 3.05) is 38.3 Å². The van der Waals surface area contributed by atoms with E-state index < -0.39 is 0 Å². The molecule has 10 nitrogen and oxygen atoms in total. The second-order valence-electron chi connectivity index (χ2n) is 8.60. The minimum absolute atomic E-state index is 0.0118. The van der Waals surface area contributed by atoms with Crippen molar-refractivity contribution < 1.29 is 19.1 Å². The number of hydrogen-bond donors (Lipinski definition) is 3. The first-order chi connectivity index (χ1) is 16.5. The molecule has 2 aromatic rings. The van der Waals surface area contributed by atoms with Crippen LogP contribution in [0.4, 0.5) is 5.82 Å². The molecule has 0 radical (unpaired) electrons. The van der Waals surface area contributed by atoms with Gasteiger partial charge in [-0.05, 0) is 31.7 Å². The van der Waals surface area contributed by atoms with E-state index in [1.165, 1.54) is 7.11 Å². The Bertz CT molecular complexity index is 1040. The normalized spacial score (nSPS) is 20.4. The summed E-state index contributed by atoms with van der Waals surface area (Å²) in [6.45, 7) is 2.39. The number of nitrogens with two attached hydrogens (primary N) is 1. The van der Waals surface area contributed by atoms with Crippen LogP contribution in [0.3, 0.4) is 0 Å². The lowest BCUT2D eigenvalue weighted by Crippen LogP contribution is -2.41. The van der Waals surface area contributed by atoms with Crippen molar-refractivity contribution in [3.63, 3.8) is 0 Å². The van der Waals surface area contributed by atoms with Crippen molar-refractivity contribution in [3.8, 4) is 11.3 Å². The molecule has 1 amide bonds. The van der Waals surface area contributed by atoms with E-state index in [9.17, 15) is 9.59 Å². The minimum atomic E-state index is -0.209. The minimum Gasteiger partial charge on any atom is -0.469 e. The Labute approximate surface area is 198 Å². The van der Waals surface area contributed by atoms with Gasteiger partial charge in [-0.2, -0.15) is 0 Å². The maximum atomic E-state index is 13.4. The number of aromatic nitrogens is 2. The molecule has 4 N–H and O–H groups in total. The predicted molar refractivity (Wildman–Crippen MR) is 127 cm³/mol. The Morgan fingerprint density at radius 1 is 1.12 bits per heavy atom. The summed E-state index contributed by atoms with van der Waals surface area (Å²) >= 11 is 0. The Morgan fingerprint density at radius 3 is 2.41 bits per heavy atom. The molecule has 4 rings (SSSR count). The average Bonchev–Trinajstić information content (AvgIpc) is 2.89. The van der Waals surface area contributed by atoms with Crippen LogP contribution in [0, 0.1) is 11.3 Å². The van der Waals surface area contributed by atoms with Crippen LogP contribution in [-0.2, 0) is 14.3 Å². The molecular weight excluding hydrogens is 436 g/mol. The fourth-order valence-electron chi connectivity index (χ4n) is 4.43. The third-order valence-electron chi connectivity index (χ3n) is 6.42. The third kappa shape index (κ3) is 5.33. The quantitative estimate of drug-likeness (QED) is 0.332. The molecule has 2 heterocycles. The van der Waals surface area contributed by atoms with Crippen LogP contribution in [0.1, 0.15) is 41.6 Å². The highest BCUT2D eigenvalue weighted by molar-refractivity contribution is 6.00. The number of hydrogen-bond acceptors (Lipinski definition) is 8. The monoisotopic (exact) mass is 466 g/mol. The highest BCUT2D eigenvalue weighted by atomic mass is 16.5. The number of ether oxygens (including phenoxy) is 2. The number of benzene rings is 1. The number of nitrogen functional groups attached to an aromatic ring is 1. The molecule has 1 aliphatic heterocycles. The number of nitrogens with one attached hydrogen (secondary N) is 2. The van der Waals surface area contributed by atoms with Gasteiger partial charge in [0.2, 0.25) is 0 Å². The highest BCUT2D eigenvalue weighted by Gasteiger charge is 2.29. The first-order valence-corrected chi connectivity index (χ1v) is 11.5. The summed E-state index contributed by atoms with van der Waals surface area (Å²) in [7, 11) is 1.41. The van der Waals surface area contributed by atoms with Crippen LogP contribution >= 0.6 is 0 Å². The van der Waals surface area contributed by atoms with E-state index in [1.54, 1.807) is 18.2 Å². The molecule has 0 spiro atoms. The SMILES string of the molecule is COC(=O)C1CCC(NC(=O)c2cc(-c3ccc(C(=N)N)cc3)nnc2N2CCOCC2)CC1. The summed E-state index contributed by atoms with van der Waals surface area (Å²) in [5, 5.41) is 19.5. The van der Waals surface area contributed by atoms with Crippen molar-refractivity contribution in [1.82, 2.24) is 15.5 Å². The van der Waals surface area contributed by atoms with Crippen LogP contribution < -0.4 is 16.0 Å². The molecule has 1 aromatic carbocycles. The number of carbonyl (C=O) groups excluding carboxylic acids is 2. The number of morpholine rings is 1. The first kappa shape index (κ1) is 23.6. The molecule has 1 saturated carbocycles. The first-order valence-electron chi connectivity index (χ1n) is 11.5. The number of carbonyl (C=O) groups is 2. The number of anilines is 1. The van der Waals surface area contributed by atoms with Crippen LogP contribution in [0.2, 0.25) is 0 Å². The van der Waals surface area contributed by atoms with E-state index in [-0.39, 0.29) is 29.7 Å². The lowest BCUT2D eigenvalue weighted by atomic mass is 9.86. The molecular formula is C24H30N6O4. The van der Waals surface area contributed by atoms with E-state index in [1.807, 2.05) is 17.0 Å². The summed E-state index contributed by atoms with van der Waals surface area (Å²) in [4.78, 5) is 27.2. The number of esters is 1. The molecule has 0 bridgehead atoms. The highest BCUT2D eigenvalue weighted by Crippen LogP contribution is 2.28. The van der Waals surface area contributed by atoms with E-state index in [0.29, 0.717) is 61.8 Å². The Balaban J connectivity index is 1.56. The summed E-state index contributed by atoms with van der Waals surface area (Å²) in [6.07, 6.45) is 2.82. The standard InChI is InChI=1S/C24H30N6O4/c1-33-24(32)17-6-8-18(9-7-17)27-23(31)19-14-20(15-2-4-16(5-3-15)21(25)26)28-29-22(19)30-10-12-34-13-11-30/h2-5,14,17-18H,6-13H2,1H3,(H3,25,26)(H,27,31). The predicted octanol–water partition coefficient (Wildman–Crippen LogP) is 1.73. The van der Waals surface area contributed by atoms with Crippen molar-refractivity contribution in [1.29, 1.82) is 5.41 Å². The van der Waals surface area contributed by atoms with Gasteiger partial charge >= 0.3 is 5.97 Å². The zero-order valence-electron chi connectivity index (χ0n) is 19.3. The topological polar surface area (TPSA) is 144 Å². The summed E-state index contributed by atoms with van der Waals surface area (Å²) in [6, 6.07) is 8.85. The van der Waals surface area contributed by atoms with Gasteiger partial charge < -0.3 is 25.4 Å². The van der Waals surface area contributed by atoms with E-state index in [2.05, 4.69) is 15.5 Å². The van der Waals surface area contributed by atoms with Gasteiger partial charge in [-0.1, -0.05) is 24.3 Å². The maximum absolute atomic E-state index is 13.4. The number of nitrogens with zero attached hydrogens (tertiary/aromatic N) is 3. The molecule has 1 aromatic heterocycles. The number of amides is 1. The van der Waals surface area contributed by atoms with Crippen molar-refractivity contribution in [2.45, 2.75) is 31.7 Å². The summed E-state index contributed by atoms with van der Waals surface area (Å²) in [5.74, 6) is 0.0299. The van der Waals surface area contributed by atoms with Crippen LogP contribution in [0.5, 0.6) is 0 Å². The number of rotatable bonds is 6. The molecule has 2 fully saturated rings. The summed E-state index contributed by atoms with van der Waals surface area (Å²) in [5.41, 5.74) is 7.96. The second-order valence-corrected chi connectivity index (χ2v) is 8.60. The van der Waals surface area contributed by atoms with Gasteiger partial charge in [0.05, 0.1) is 37.5 Å². The van der Waals surface area contributed by atoms with Crippen molar-refractivity contribution in [2.24, 2.45) is 11.7 Å². The Hall–Kier alpha value is -3.53. The molecule has 34 heavy (non-hydrogen) atoms. The van der Waals surface area contributed by atoms with Gasteiger partial charge in [0.25, 0.3) is 5.91 Å². The van der Waals surface area contributed by atoms with Crippen LogP contribution in [0.15, 0.2) is 30.3 Å². The molecule has 180 valence electrons. The lowest BCUT2D eigenvalue weighted by molar-refractivity contribution is -0.146. The Morgan fingerprint density at radius 2 is 1.79 bits per heavy atom. The Kier molecular flexibility index (Phi) is 7.36. The van der Waals surface area contributed by atoms with E-state index in [4.69, 9.17) is 20.6 Å². The van der Waals surface area contributed by atoms with Gasteiger partial charge in [0, 0.05) is 30.3 Å². The fraction of sp³-hybridized carbons (Fsp3) is 0.458. The smallest absolute Gasteiger partial charge is 0.308 e. The zero-order chi connectivity index (χ0) is 24.1. The van der Waals surface area contributed by atoms with Gasteiger partial charge in [-0.25, -0.2) is 0 Å². The maximum Gasteiger partial charge on any atom is 0.308 e. The second kappa shape index (κ2) is 10.6. The molecule has 1 saturated heterocycles. The summed E-state index contributed by atoms with van der Waals surface area (Å²) < 4.78 is 10.3.